The monoisotopic (exact) mass is 326 g/mol. The molecule has 0 bridgehead atoms. The summed E-state index contributed by atoms with van der Waals surface area (Å²) < 4.78 is 34.9. The van der Waals surface area contributed by atoms with Crippen LogP contribution >= 0.6 is 0 Å². The van der Waals surface area contributed by atoms with Crippen molar-refractivity contribution >= 4 is 26.8 Å². The van der Waals surface area contributed by atoms with Crippen LogP contribution in [0.4, 0.5) is 0 Å². The van der Waals surface area contributed by atoms with Crippen LogP contribution in [-0.2, 0) is 10.1 Å². The largest absolute Gasteiger partial charge is 0.744 e. The van der Waals surface area contributed by atoms with E-state index in [1.54, 1.807) is 36.4 Å². The van der Waals surface area contributed by atoms with E-state index >= 15 is 0 Å². The topological polar surface area (TPSA) is 107 Å². The number of ketones is 1. The minimum absolute atomic E-state index is 0.00421. The van der Waals surface area contributed by atoms with Crippen LogP contribution in [0.3, 0.4) is 0 Å². The molecule has 1 aliphatic carbocycles. The fraction of sp³-hybridized carbons (Fsp3) is 0. The van der Waals surface area contributed by atoms with Gasteiger partial charge in [-0.25, -0.2) is 8.42 Å². The van der Waals surface area contributed by atoms with Gasteiger partial charge in [-0.15, -0.1) is 0 Å². The molecule has 1 aliphatic rings. The zero-order chi connectivity index (χ0) is 16.4. The summed E-state index contributed by atoms with van der Waals surface area (Å²) in [6.07, 6.45) is 0. The Balaban J connectivity index is 2.39. The quantitative estimate of drug-likeness (QED) is 0.535. The molecule has 0 radical (unpaired) electrons. The molecule has 0 fully saturated rings. The van der Waals surface area contributed by atoms with Crippen LogP contribution in [0, 0.1) is 0 Å². The number of nitrogens with one attached hydrogen (secondary N) is 1. The summed E-state index contributed by atoms with van der Waals surface area (Å²) >= 11 is 0. The molecular weight excluding hydrogens is 318 g/mol. The smallest absolute Gasteiger partial charge is 0.266 e. The first-order valence-corrected chi connectivity index (χ1v) is 8.09. The highest BCUT2D eigenvalue weighted by Gasteiger charge is 2.30. The molecule has 0 unspecified atom stereocenters. The summed E-state index contributed by atoms with van der Waals surface area (Å²) in [6.45, 7) is 0. The number of H-pyrrole nitrogens is 1. The summed E-state index contributed by atoms with van der Waals surface area (Å²) in [4.78, 5) is 26.3. The van der Waals surface area contributed by atoms with Gasteiger partial charge >= 0.3 is 0 Å². The predicted octanol–water partition coefficient (Wildman–Crippen LogP) is 1.64. The Hall–Kier alpha value is -2.77. The third-order valence-electron chi connectivity index (χ3n) is 3.93. The van der Waals surface area contributed by atoms with E-state index in [2.05, 4.69) is 4.98 Å². The maximum absolute atomic E-state index is 12.6. The minimum Gasteiger partial charge on any atom is -0.744 e. The number of aromatic nitrogens is 1. The molecule has 3 aromatic rings. The second kappa shape index (κ2) is 4.37. The van der Waals surface area contributed by atoms with Crippen LogP contribution in [0.5, 0.6) is 0 Å². The molecule has 4 rings (SSSR count). The van der Waals surface area contributed by atoms with Gasteiger partial charge in [0, 0.05) is 27.6 Å². The molecule has 1 heterocycles. The zero-order valence-corrected chi connectivity index (χ0v) is 12.3. The molecule has 0 saturated carbocycles. The Bertz CT molecular complexity index is 1170. The van der Waals surface area contributed by atoms with Crippen molar-refractivity contribution in [2.24, 2.45) is 0 Å². The van der Waals surface area contributed by atoms with Gasteiger partial charge in [0.15, 0.2) is 5.78 Å². The molecule has 0 atom stereocenters. The fourth-order valence-electron chi connectivity index (χ4n) is 3.06. The Kier molecular flexibility index (Phi) is 2.64. The normalized spacial score (nSPS) is 13.2. The maximum atomic E-state index is 12.6. The van der Waals surface area contributed by atoms with Crippen molar-refractivity contribution in [3.63, 3.8) is 0 Å². The van der Waals surface area contributed by atoms with Gasteiger partial charge in [-0.1, -0.05) is 36.4 Å². The number of hydrogen-bond acceptors (Lipinski definition) is 5. The minimum atomic E-state index is -5.02. The van der Waals surface area contributed by atoms with Crippen molar-refractivity contribution in [2.75, 3.05) is 0 Å². The first-order valence-electron chi connectivity index (χ1n) is 6.68. The van der Waals surface area contributed by atoms with Crippen LogP contribution < -0.4 is 5.56 Å². The van der Waals surface area contributed by atoms with Crippen LogP contribution in [-0.4, -0.2) is 23.7 Å². The van der Waals surface area contributed by atoms with Crippen molar-refractivity contribution in [3.05, 3.63) is 63.9 Å². The van der Waals surface area contributed by atoms with Gasteiger partial charge in [0.25, 0.3) is 5.56 Å². The van der Waals surface area contributed by atoms with Crippen LogP contribution in [0.1, 0.15) is 15.9 Å². The second-order valence-electron chi connectivity index (χ2n) is 5.22. The summed E-state index contributed by atoms with van der Waals surface area (Å²) in [7, 11) is -5.02. The van der Waals surface area contributed by atoms with Crippen molar-refractivity contribution in [1.29, 1.82) is 0 Å². The summed E-state index contributed by atoms with van der Waals surface area (Å²) in [5.74, 6) is -0.278. The lowest BCUT2D eigenvalue weighted by molar-refractivity contribution is 0.104. The first kappa shape index (κ1) is 13.9. The number of carbonyl (C=O) groups excluding carboxylic acids is 1. The van der Waals surface area contributed by atoms with E-state index in [1.807, 2.05) is 0 Å². The van der Waals surface area contributed by atoms with Gasteiger partial charge in [0.05, 0.1) is 0 Å². The molecule has 1 N–H and O–H groups in total. The number of hydrogen-bond donors (Lipinski definition) is 1. The van der Waals surface area contributed by atoms with Crippen LogP contribution in [0.25, 0.3) is 22.0 Å². The molecule has 0 spiro atoms. The number of fused-ring (bicyclic) bond motifs is 2. The molecule has 0 aliphatic heterocycles. The number of aromatic amines is 1. The highest BCUT2D eigenvalue weighted by Crippen LogP contribution is 2.40. The highest BCUT2D eigenvalue weighted by atomic mass is 32.2. The van der Waals surface area contributed by atoms with Crippen LogP contribution in [0.2, 0.25) is 0 Å². The van der Waals surface area contributed by atoms with E-state index in [-0.39, 0.29) is 33.4 Å². The molecule has 0 saturated heterocycles. The van der Waals surface area contributed by atoms with E-state index < -0.39 is 20.6 Å². The average Bonchev–Trinajstić information content (AvgIpc) is 2.50. The van der Waals surface area contributed by atoms with Crippen molar-refractivity contribution < 1.29 is 17.8 Å². The summed E-state index contributed by atoms with van der Waals surface area (Å²) in [5.41, 5.74) is 0.146. The van der Waals surface area contributed by atoms with E-state index in [4.69, 9.17) is 0 Å². The molecule has 0 amide bonds. The van der Waals surface area contributed by atoms with Gasteiger partial charge in [-0.05, 0) is 11.6 Å². The molecular formula is C16H8NO5S-. The van der Waals surface area contributed by atoms with Crippen LogP contribution in [0.15, 0.2) is 52.2 Å². The van der Waals surface area contributed by atoms with E-state index in [1.165, 1.54) is 6.07 Å². The lowest BCUT2D eigenvalue weighted by Gasteiger charge is -2.22. The van der Waals surface area contributed by atoms with E-state index in [0.717, 1.165) is 0 Å². The summed E-state index contributed by atoms with van der Waals surface area (Å²) in [6, 6.07) is 11.0. The number of benzene rings is 2. The molecule has 2 aromatic carbocycles. The average molecular weight is 326 g/mol. The Labute approximate surface area is 130 Å². The highest BCUT2D eigenvalue weighted by molar-refractivity contribution is 7.85. The molecule has 23 heavy (non-hydrogen) atoms. The standard InChI is InChI=1S/C16H9NO5S/c18-14-9-5-2-1-4-8(9)13-12-10(14)6-3-7-11(12)17-16(19)15(13)23(20,21)22/h1-7H,(H,17,19)(H,20,21,22)/p-1. The Morgan fingerprint density at radius 1 is 0.870 bits per heavy atom. The zero-order valence-electron chi connectivity index (χ0n) is 11.5. The van der Waals surface area contributed by atoms with Crippen molar-refractivity contribution in [3.8, 4) is 11.1 Å². The summed E-state index contributed by atoms with van der Waals surface area (Å²) in [5, 5.41) is 0.283. The molecule has 6 nitrogen and oxygen atoms in total. The van der Waals surface area contributed by atoms with Crippen molar-refractivity contribution in [1.82, 2.24) is 4.98 Å². The number of rotatable bonds is 1. The first-order chi connectivity index (χ1) is 10.9. The SMILES string of the molecule is O=C1c2ccccc2-c2c(S(=O)(=O)[O-])c(=O)[nH]c3cccc1c23. The van der Waals surface area contributed by atoms with E-state index in [0.29, 0.717) is 5.52 Å². The maximum Gasteiger partial charge on any atom is 0.266 e. The lowest BCUT2D eigenvalue weighted by atomic mass is 9.84. The molecule has 1 aromatic heterocycles. The van der Waals surface area contributed by atoms with Gasteiger partial charge in [0.1, 0.15) is 15.0 Å². The second-order valence-corrected chi connectivity index (χ2v) is 6.53. The van der Waals surface area contributed by atoms with Gasteiger partial charge in [0.2, 0.25) is 0 Å². The Morgan fingerprint density at radius 2 is 1.52 bits per heavy atom. The fourth-order valence-corrected chi connectivity index (χ4v) is 3.80. The molecule has 114 valence electrons. The lowest BCUT2D eigenvalue weighted by Crippen LogP contribution is -2.22. The van der Waals surface area contributed by atoms with Gasteiger partial charge in [-0.3, -0.25) is 9.59 Å². The number of pyridine rings is 1. The number of carbonyl (C=O) groups is 1. The van der Waals surface area contributed by atoms with Gasteiger partial charge in [-0.2, -0.15) is 0 Å². The Morgan fingerprint density at radius 3 is 2.22 bits per heavy atom. The predicted molar refractivity (Wildman–Crippen MR) is 81.4 cm³/mol. The third kappa shape index (κ3) is 1.81. The van der Waals surface area contributed by atoms with E-state index in [9.17, 15) is 22.6 Å². The molecule has 7 heteroatoms. The van der Waals surface area contributed by atoms with Crippen molar-refractivity contribution in [2.45, 2.75) is 4.90 Å². The third-order valence-corrected chi connectivity index (χ3v) is 4.82. The van der Waals surface area contributed by atoms with Gasteiger partial charge < -0.3 is 9.54 Å².